The molecule has 1 atom stereocenters. The Morgan fingerprint density at radius 3 is 2.10 bits per heavy atom. The predicted octanol–water partition coefficient (Wildman–Crippen LogP) is 4.18. The van der Waals surface area contributed by atoms with Crippen molar-refractivity contribution in [3.05, 3.63) is 34.4 Å². The molecule has 1 N–H and O–H groups in total. The van der Waals surface area contributed by atoms with E-state index in [0.717, 1.165) is 17.5 Å². The second-order valence-corrected chi connectivity index (χ2v) is 7.52. The molecule has 0 spiro atoms. The number of carbonyl (C=O) groups is 2. The Bertz CT molecular complexity index is 624. The quantitative estimate of drug-likeness (QED) is 0.830. The molecule has 0 amide bonds. The van der Waals surface area contributed by atoms with Gasteiger partial charge < -0.3 is 5.11 Å². The third-order valence-electron chi connectivity index (χ3n) is 5.24. The summed E-state index contributed by atoms with van der Waals surface area (Å²) in [5.74, 6) is -0.776. The van der Waals surface area contributed by atoms with Gasteiger partial charge in [-0.2, -0.15) is 0 Å². The highest BCUT2D eigenvalue weighted by atomic mass is 16.4. The average molecular weight is 288 g/mol. The Morgan fingerprint density at radius 2 is 1.62 bits per heavy atom. The summed E-state index contributed by atoms with van der Waals surface area (Å²) in [6.07, 6.45) is 1.02. The molecule has 1 aliphatic rings. The van der Waals surface area contributed by atoms with Crippen LogP contribution in [0.2, 0.25) is 0 Å². The molecule has 3 nitrogen and oxygen atoms in total. The summed E-state index contributed by atoms with van der Waals surface area (Å²) in [5, 5.41) is 9.43. The van der Waals surface area contributed by atoms with Crippen LogP contribution < -0.4 is 0 Å². The van der Waals surface area contributed by atoms with E-state index in [4.69, 9.17) is 0 Å². The van der Waals surface area contributed by atoms with Crippen LogP contribution in [0, 0.1) is 5.92 Å². The first kappa shape index (κ1) is 15.7. The fourth-order valence-electron chi connectivity index (χ4n) is 3.56. The van der Waals surface area contributed by atoms with Gasteiger partial charge >= 0.3 is 5.97 Å². The number of rotatable bonds is 2. The van der Waals surface area contributed by atoms with Gasteiger partial charge in [-0.3, -0.25) is 4.79 Å². The number of carboxylic acid groups (broad SMARTS) is 1. The molecule has 0 aliphatic heterocycles. The van der Waals surface area contributed by atoms with Crippen molar-refractivity contribution < 1.29 is 14.7 Å². The molecule has 0 saturated carbocycles. The molecule has 2 rings (SSSR count). The molecular weight excluding hydrogens is 264 g/mol. The van der Waals surface area contributed by atoms with Crippen LogP contribution in [0.1, 0.15) is 79.8 Å². The molecule has 0 fully saturated rings. The van der Waals surface area contributed by atoms with Gasteiger partial charge in [0.05, 0.1) is 5.56 Å². The Hall–Kier alpha value is -1.64. The van der Waals surface area contributed by atoms with Crippen molar-refractivity contribution in [2.45, 2.75) is 58.8 Å². The SMILES string of the molecule is CC(=O)c1cc2c(cc1C(=O)O)C(C)(C)C(C)CC2(C)C. The molecule has 0 radical (unpaired) electrons. The van der Waals surface area contributed by atoms with Gasteiger partial charge in [-0.25, -0.2) is 4.79 Å². The van der Waals surface area contributed by atoms with Crippen molar-refractivity contribution in [3.8, 4) is 0 Å². The van der Waals surface area contributed by atoms with Gasteiger partial charge in [0, 0.05) is 5.56 Å². The number of aromatic carboxylic acids is 1. The molecule has 1 aromatic rings. The number of benzene rings is 1. The highest BCUT2D eigenvalue weighted by molar-refractivity contribution is 6.05. The van der Waals surface area contributed by atoms with Gasteiger partial charge in [0.2, 0.25) is 0 Å². The highest BCUT2D eigenvalue weighted by Gasteiger charge is 2.42. The van der Waals surface area contributed by atoms with Crippen molar-refractivity contribution in [3.63, 3.8) is 0 Å². The lowest BCUT2D eigenvalue weighted by Gasteiger charge is -2.46. The average Bonchev–Trinajstić information content (AvgIpc) is 2.34. The second kappa shape index (κ2) is 4.69. The Balaban J connectivity index is 2.84. The standard InChI is InChI=1S/C18H24O3/c1-10-9-17(3,4)14-7-12(11(2)19)13(16(20)21)8-15(14)18(10,5)6/h7-8,10H,9H2,1-6H3,(H,20,21). The molecule has 21 heavy (non-hydrogen) atoms. The number of carbonyl (C=O) groups excluding carboxylic acids is 1. The molecule has 114 valence electrons. The van der Waals surface area contributed by atoms with E-state index in [0.29, 0.717) is 11.5 Å². The second-order valence-electron chi connectivity index (χ2n) is 7.52. The molecule has 0 heterocycles. The van der Waals surface area contributed by atoms with Crippen molar-refractivity contribution in [1.82, 2.24) is 0 Å². The fourth-order valence-corrected chi connectivity index (χ4v) is 3.56. The molecule has 0 aromatic heterocycles. The molecule has 3 heteroatoms. The van der Waals surface area contributed by atoms with Gasteiger partial charge in [-0.05, 0) is 53.4 Å². The topological polar surface area (TPSA) is 54.4 Å². The van der Waals surface area contributed by atoms with Crippen molar-refractivity contribution >= 4 is 11.8 Å². The summed E-state index contributed by atoms with van der Waals surface area (Å²) in [7, 11) is 0. The van der Waals surface area contributed by atoms with Gasteiger partial charge in [0.1, 0.15) is 0 Å². The number of fused-ring (bicyclic) bond motifs is 1. The summed E-state index contributed by atoms with van der Waals surface area (Å²) in [6, 6.07) is 3.54. The van der Waals surface area contributed by atoms with Crippen molar-refractivity contribution in [2.24, 2.45) is 5.92 Å². The van der Waals surface area contributed by atoms with Gasteiger partial charge in [-0.15, -0.1) is 0 Å². The van der Waals surface area contributed by atoms with E-state index < -0.39 is 5.97 Å². The predicted molar refractivity (Wildman–Crippen MR) is 83.2 cm³/mol. The highest BCUT2D eigenvalue weighted by Crippen LogP contribution is 2.49. The lowest BCUT2D eigenvalue weighted by atomic mass is 9.58. The van der Waals surface area contributed by atoms with Crippen LogP contribution in [0.5, 0.6) is 0 Å². The van der Waals surface area contributed by atoms with Crippen LogP contribution in [0.3, 0.4) is 0 Å². The molecule has 0 saturated heterocycles. The van der Waals surface area contributed by atoms with E-state index in [1.54, 1.807) is 6.07 Å². The Kier molecular flexibility index (Phi) is 3.51. The first-order valence-electron chi connectivity index (χ1n) is 7.41. The lowest BCUT2D eigenvalue weighted by molar-refractivity contribution is 0.0691. The van der Waals surface area contributed by atoms with Crippen LogP contribution in [-0.4, -0.2) is 16.9 Å². The molecule has 1 aliphatic carbocycles. The zero-order valence-corrected chi connectivity index (χ0v) is 13.7. The number of hydrogen-bond donors (Lipinski definition) is 1. The Labute approximate surface area is 126 Å². The first-order valence-corrected chi connectivity index (χ1v) is 7.41. The van der Waals surface area contributed by atoms with E-state index in [2.05, 4.69) is 34.6 Å². The third kappa shape index (κ3) is 2.39. The molecular formula is C18H24O3. The Morgan fingerprint density at radius 1 is 1.10 bits per heavy atom. The molecule has 1 unspecified atom stereocenters. The number of carboxylic acids is 1. The van der Waals surface area contributed by atoms with E-state index in [-0.39, 0.29) is 22.2 Å². The summed E-state index contributed by atoms with van der Waals surface area (Å²) in [6.45, 7) is 12.3. The van der Waals surface area contributed by atoms with E-state index in [9.17, 15) is 14.7 Å². The normalized spacial score (nSPS) is 22.5. The maximum atomic E-state index is 11.8. The molecule has 0 bridgehead atoms. The van der Waals surface area contributed by atoms with E-state index in [1.165, 1.54) is 6.92 Å². The monoisotopic (exact) mass is 288 g/mol. The van der Waals surface area contributed by atoms with Gasteiger partial charge in [-0.1, -0.05) is 34.6 Å². The minimum Gasteiger partial charge on any atom is -0.478 e. The summed E-state index contributed by atoms with van der Waals surface area (Å²) >= 11 is 0. The minimum absolute atomic E-state index is 0.0501. The zero-order valence-electron chi connectivity index (χ0n) is 13.7. The van der Waals surface area contributed by atoms with Crippen LogP contribution in [0.4, 0.5) is 0 Å². The summed E-state index contributed by atoms with van der Waals surface area (Å²) in [4.78, 5) is 23.3. The number of hydrogen-bond acceptors (Lipinski definition) is 2. The summed E-state index contributed by atoms with van der Waals surface area (Å²) in [5.41, 5.74) is 2.48. The van der Waals surface area contributed by atoms with Gasteiger partial charge in [0.15, 0.2) is 5.78 Å². The third-order valence-corrected chi connectivity index (χ3v) is 5.24. The smallest absolute Gasteiger partial charge is 0.336 e. The van der Waals surface area contributed by atoms with Crippen molar-refractivity contribution in [1.29, 1.82) is 0 Å². The van der Waals surface area contributed by atoms with E-state index in [1.807, 2.05) is 6.07 Å². The van der Waals surface area contributed by atoms with Crippen molar-refractivity contribution in [2.75, 3.05) is 0 Å². The van der Waals surface area contributed by atoms with Gasteiger partial charge in [0.25, 0.3) is 0 Å². The molecule has 1 aromatic carbocycles. The van der Waals surface area contributed by atoms with Crippen LogP contribution in [0.25, 0.3) is 0 Å². The lowest BCUT2D eigenvalue weighted by Crippen LogP contribution is -2.40. The zero-order chi connectivity index (χ0) is 16.2. The van der Waals surface area contributed by atoms with Crippen LogP contribution >= 0.6 is 0 Å². The minimum atomic E-state index is -1.03. The van der Waals surface area contributed by atoms with Crippen LogP contribution in [-0.2, 0) is 10.8 Å². The fraction of sp³-hybridized carbons (Fsp3) is 0.556. The van der Waals surface area contributed by atoms with E-state index >= 15 is 0 Å². The largest absolute Gasteiger partial charge is 0.478 e. The maximum Gasteiger partial charge on any atom is 0.336 e. The number of Topliss-reactive ketones (excluding diaryl/α,β-unsaturated/α-hetero) is 1. The summed E-state index contributed by atoms with van der Waals surface area (Å²) < 4.78 is 0. The number of ketones is 1. The first-order chi connectivity index (χ1) is 9.48. The van der Waals surface area contributed by atoms with Crippen LogP contribution in [0.15, 0.2) is 12.1 Å². The maximum absolute atomic E-state index is 11.8.